The Hall–Kier alpha value is -3.15. The highest BCUT2D eigenvalue weighted by molar-refractivity contribution is 5.80. The minimum Gasteiger partial charge on any atom is -0.355 e. The zero-order valence-electron chi connectivity index (χ0n) is 17.5. The number of benzene rings is 2. The lowest BCUT2D eigenvalue weighted by atomic mass is 10.1. The lowest BCUT2D eigenvalue weighted by Crippen LogP contribution is -2.40. The van der Waals surface area contributed by atoms with Gasteiger partial charge in [-0.15, -0.1) is 10.2 Å². The van der Waals surface area contributed by atoms with Crippen molar-refractivity contribution in [2.45, 2.75) is 46.3 Å². The maximum atomic E-state index is 4.80. The molecule has 0 amide bonds. The first-order valence-corrected chi connectivity index (χ1v) is 10.2. The van der Waals surface area contributed by atoms with E-state index in [0.717, 1.165) is 31.3 Å². The molecule has 152 valence electrons. The molecule has 29 heavy (non-hydrogen) atoms. The van der Waals surface area contributed by atoms with Crippen LogP contribution < -0.4 is 10.6 Å². The fourth-order valence-electron chi connectivity index (χ4n) is 3.08. The number of rotatable bonds is 8. The van der Waals surface area contributed by atoms with Crippen LogP contribution in [-0.4, -0.2) is 27.3 Å². The van der Waals surface area contributed by atoms with Crippen molar-refractivity contribution in [3.8, 4) is 0 Å². The minimum absolute atomic E-state index is 0.154. The summed E-state index contributed by atoms with van der Waals surface area (Å²) >= 11 is 0. The molecule has 1 atom stereocenters. The van der Waals surface area contributed by atoms with E-state index in [1.807, 2.05) is 6.07 Å². The average molecular weight is 391 g/mol. The third-order valence-corrected chi connectivity index (χ3v) is 4.85. The summed E-state index contributed by atoms with van der Waals surface area (Å²) < 4.78 is 2.07. The van der Waals surface area contributed by atoms with Gasteiger partial charge in [0.25, 0.3) is 0 Å². The van der Waals surface area contributed by atoms with Gasteiger partial charge in [0, 0.05) is 19.5 Å². The molecule has 0 aliphatic heterocycles. The van der Waals surface area contributed by atoms with Crippen LogP contribution in [0.4, 0.5) is 0 Å². The van der Waals surface area contributed by atoms with Gasteiger partial charge in [-0.1, -0.05) is 67.1 Å². The molecular formula is C23H30N6. The number of nitrogens with zero attached hydrogens (tertiary/aromatic N) is 4. The number of guanidine groups is 1. The lowest BCUT2D eigenvalue weighted by molar-refractivity contribution is 0.619. The van der Waals surface area contributed by atoms with Crippen molar-refractivity contribution < 1.29 is 0 Å². The fourth-order valence-corrected chi connectivity index (χ4v) is 3.08. The second-order valence-electron chi connectivity index (χ2n) is 7.15. The molecule has 0 bridgehead atoms. The molecule has 1 heterocycles. The standard InChI is InChI=1S/C23H30N6/c1-4-22-28-26-17-29(22)15-14-24-23(25-16-20-12-10-18(2)11-13-20)27-19(3)21-8-6-5-7-9-21/h5-13,17,19H,4,14-16H2,1-3H3,(H2,24,25,27). The molecule has 6 nitrogen and oxygen atoms in total. The normalized spacial score (nSPS) is 12.6. The quantitative estimate of drug-likeness (QED) is 0.455. The van der Waals surface area contributed by atoms with Gasteiger partial charge < -0.3 is 15.2 Å². The SMILES string of the molecule is CCc1nncn1CCNC(=NCc1ccc(C)cc1)NC(C)c1ccccc1. The van der Waals surface area contributed by atoms with Crippen molar-refractivity contribution in [2.24, 2.45) is 4.99 Å². The summed E-state index contributed by atoms with van der Waals surface area (Å²) in [4.78, 5) is 4.80. The second-order valence-corrected chi connectivity index (χ2v) is 7.15. The number of hydrogen-bond acceptors (Lipinski definition) is 3. The van der Waals surface area contributed by atoms with E-state index in [1.165, 1.54) is 16.7 Å². The number of aromatic nitrogens is 3. The van der Waals surface area contributed by atoms with Gasteiger partial charge in [0.15, 0.2) is 5.96 Å². The Balaban J connectivity index is 1.66. The maximum absolute atomic E-state index is 4.80. The van der Waals surface area contributed by atoms with E-state index in [0.29, 0.717) is 6.54 Å². The van der Waals surface area contributed by atoms with E-state index in [1.54, 1.807) is 6.33 Å². The molecule has 0 radical (unpaired) electrons. The van der Waals surface area contributed by atoms with Crippen LogP contribution in [-0.2, 0) is 19.5 Å². The number of nitrogens with one attached hydrogen (secondary N) is 2. The van der Waals surface area contributed by atoms with Gasteiger partial charge in [0.2, 0.25) is 0 Å². The molecule has 0 fully saturated rings. The molecule has 2 aromatic carbocycles. The third kappa shape index (κ3) is 6.17. The van der Waals surface area contributed by atoms with Gasteiger partial charge >= 0.3 is 0 Å². The Bertz CT molecular complexity index is 899. The molecule has 0 saturated carbocycles. The number of aryl methyl sites for hydroxylation is 2. The smallest absolute Gasteiger partial charge is 0.192 e. The topological polar surface area (TPSA) is 67.1 Å². The van der Waals surface area contributed by atoms with Crippen LogP contribution in [0.5, 0.6) is 0 Å². The summed E-state index contributed by atoms with van der Waals surface area (Å²) in [6, 6.07) is 19.0. The van der Waals surface area contributed by atoms with E-state index in [4.69, 9.17) is 4.99 Å². The van der Waals surface area contributed by atoms with Crippen LogP contribution in [0.1, 0.15) is 42.4 Å². The Morgan fingerprint density at radius 2 is 1.86 bits per heavy atom. The van der Waals surface area contributed by atoms with Gasteiger partial charge in [-0.05, 0) is 25.0 Å². The van der Waals surface area contributed by atoms with Gasteiger partial charge in [-0.2, -0.15) is 0 Å². The van der Waals surface area contributed by atoms with Crippen molar-refractivity contribution in [3.63, 3.8) is 0 Å². The van der Waals surface area contributed by atoms with Crippen LogP contribution in [0, 0.1) is 6.92 Å². The van der Waals surface area contributed by atoms with Crippen LogP contribution in [0.25, 0.3) is 0 Å². The molecule has 3 aromatic rings. The summed E-state index contributed by atoms with van der Waals surface area (Å²) in [5.41, 5.74) is 3.67. The van der Waals surface area contributed by atoms with E-state index >= 15 is 0 Å². The summed E-state index contributed by atoms with van der Waals surface area (Å²) in [6.07, 6.45) is 2.65. The molecule has 0 aliphatic rings. The summed E-state index contributed by atoms with van der Waals surface area (Å²) in [7, 11) is 0. The molecule has 0 saturated heterocycles. The fraction of sp³-hybridized carbons (Fsp3) is 0.348. The zero-order valence-corrected chi connectivity index (χ0v) is 17.5. The van der Waals surface area contributed by atoms with Crippen LogP contribution >= 0.6 is 0 Å². The van der Waals surface area contributed by atoms with Crippen LogP contribution in [0.3, 0.4) is 0 Å². The highest BCUT2D eigenvalue weighted by atomic mass is 15.3. The molecule has 1 unspecified atom stereocenters. The average Bonchev–Trinajstić information content (AvgIpc) is 3.21. The Morgan fingerprint density at radius 1 is 1.10 bits per heavy atom. The lowest BCUT2D eigenvalue weighted by Gasteiger charge is -2.19. The summed E-state index contributed by atoms with van der Waals surface area (Å²) in [5.74, 6) is 1.80. The van der Waals surface area contributed by atoms with E-state index in [9.17, 15) is 0 Å². The number of aliphatic imine (C=N–C) groups is 1. The Kier molecular flexibility index (Phi) is 7.39. The molecular weight excluding hydrogens is 360 g/mol. The van der Waals surface area contributed by atoms with Crippen molar-refractivity contribution >= 4 is 5.96 Å². The minimum atomic E-state index is 0.154. The van der Waals surface area contributed by atoms with Crippen LogP contribution in [0.2, 0.25) is 0 Å². The van der Waals surface area contributed by atoms with Crippen molar-refractivity contribution in [2.75, 3.05) is 6.54 Å². The highest BCUT2D eigenvalue weighted by Gasteiger charge is 2.08. The highest BCUT2D eigenvalue weighted by Crippen LogP contribution is 2.11. The first-order chi connectivity index (χ1) is 14.2. The molecule has 0 aliphatic carbocycles. The van der Waals surface area contributed by atoms with Crippen molar-refractivity contribution in [1.82, 2.24) is 25.4 Å². The Labute approximate surface area is 173 Å². The number of hydrogen-bond donors (Lipinski definition) is 2. The Morgan fingerprint density at radius 3 is 2.59 bits per heavy atom. The molecule has 2 N–H and O–H groups in total. The predicted octanol–water partition coefficient (Wildman–Crippen LogP) is 3.65. The van der Waals surface area contributed by atoms with Gasteiger partial charge in [0.05, 0.1) is 12.6 Å². The van der Waals surface area contributed by atoms with E-state index in [-0.39, 0.29) is 6.04 Å². The molecule has 3 rings (SSSR count). The van der Waals surface area contributed by atoms with E-state index in [2.05, 4.69) is 94.7 Å². The third-order valence-electron chi connectivity index (χ3n) is 4.85. The maximum Gasteiger partial charge on any atom is 0.192 e. The first kappa shape index (κ1) is 20.6. The van der Waals surface area contributed by atoms with Crippen LogP contribution in [0.15, 0.2) is 65.9 Å². The zero-order chi connectivity index (χ0) is 20.5. The van der Waals surface area contributed by atoms with Gasteiger partial charge in [-0.25, -0.2) is 4.99 Å². The molecule has 1 aromatic heterocycles. The second kappa shape index (κ2) is 10.4. The predicted molar refractivity (Wildman–Crippen MR) is 118 cm³/mol. The monoisotopic (exact) mass is 390 g/mol. The van der Waals surface area contributed by atoms with E-state index < -0.39 is 0 Å². The summed E-state index contributed by atoms with van der Waals surface area (Å²) in [5, 5.41) is 15.1. The largest absolute Gasteiger partial charge is 0.355 e. The molecule has 0 spiro atoms. The first-order valence-electron chi connectivity index (χ1n) is 10.2. The van der Waals surface area contributed by atoms with Gasteiger partial charge in [-0.3, -0.25) is 0 Å². The van der Waals surface area contributed by atoms with Crippen molar-refractivity contribution in [3.05, 3.63) is 83.4 Å². The van der Waals surface area contributed by atoms with Crippen molar-refractivity contribution in [1.29, 1.82) is 0 Å². The van der Waals surface area contributed by atoms with Gasteiger partial charge in [0.1, 0.15) is 12.2 Å². The summed E-state index contributed by atoms with van der Waals surface area (Å²) in [6.45, 7) is 8.49. The molecule has 6 heteroatoms.